The first-order valence-electron chi connectivity index (χ1n) is 12.7. The van der Waals surface area contributed by atoms with Gasteiger partial charge in [0.05, 0.1) is 35.2 Å². The van der Waals surface area contributed by atoms with Crippen molar-refractivity contribution in [1.82, 2.24) is 9.55 Å². The highest BCUT2D eigenvalue weighted by Gasteiger charge is 2.47. The minimum absolute atomic E-state index is 0.0314. The van der Waals surface area contributed by atoms with Crippen LogP contribution in [0.15, 0.2) is 66.7 Å². The van der Waals surface area contributed by atoms with Gasteiger partial charge in [-0.25, -0.2) is 9.78 Å². The van der Waals surface area contributed by atoms with E-state index in [4.69, 9.17) is 4.74 Å². The number of aromatic nitrogens is 2. The Hall–Kier alpha value is -3.82. The number of alkyl halides is 6. The van der Waals surface area contributed by atoms with Crippen LogP contribution in [-0.4, -0.2) is 28.8 Å². The Kier molecular flexibility index (Phi) is 6.92. The van der Waals surface area contributed by atoms with Crippen molar-refractivity contribution < 1.29 is 35.9 Å². The molecule has 0 spiro atoms. The fourth-order valence-electron chi connectivity index (χ4n) is 5.80. The SMILES string of the molecule is COC(=O)c1ccc(C2(c3ccc(-c4nc5cc(C(F)(F)F)ccc5n4C)cc3)CCC(C(F)(F)F)CC2)cc1. The molecule has 0 radical (unpaired) electrons. The average Bonchev–Trinajstić information content (AvgIpc) is 3.27. The van der Waals surface area contributed by atoms with E-state index in [0.717, 1.165) is 23.3 Å². The molecule has 0 N–H and O–H groups in total. The first-order valence-corrected chi connectivity index (χ1v) is 12.7. The molecule has 40 heavy (non-hydrogen) atoms. The molecular weight excluding hydrogens is 534 g/mol. The van der Waals surface area contributed by atoms with Gasteiger partial charge in [0.1, 0.15) is 5.82 Å². The topological polar surface area (TPSA) is 44.1 Å². The monoisotopic (exact) mass is 560 g/mol. The number of halogens is 6. The molecule has 1 saturated carbocycles. The van der Waals surface area contributed by atoms with Crippen molar-refractivity contribution in [3.05, 3.63) is 89.0 Å². The van der Waals surface area contributed by atoms with Crippen molar-refractivity contribution >= 4 is 17.0 Å². The van der Waals surface area contributed by atoms with E-state index in [1.165, 1.54) is 13.2 Å². The molecule has 0 aliphatic heterocycles. The van der Waals surface area contributed by atoms with E-state index in [9.17, 15) is 31.1 Å². The Balaban J connectivity index is 1.52. The van der Waals surface area contributed by atoms with Crippen LogP contribution in [0.3, 0.4) is 0 Å². The maximum Gasteiger partial charge on any atom is 0.416 e. The fraction of sp³-hybridized carbons (Fsp3) is 0.333. The van der Waals surface area contributed by atoms with Crippen LogP contribution in [0.5, 0.6) is 0 Å². The van der Waals surface area contributed by atoms with E-state index < -0.39 is 35.2 Å². The molecule has 210 valence electrons. The number of rotatable bonds is 4. The predicted octanol–water partition coefficient (Wildman–Crippen LogP) is 8.08. The van der Waals surface area contributed by atoms with Gasteiger partial charge in [-0.2, -0.15) is 26.3 Å². The summed E-state index contributed by atoms with van der Waals surface area (Å²) in [5, 5.41) is 0. The third-order valence-electron chi connectivity index (χ3n) is 8.06. The smallest absolute Gasteiger partial charge is 0.416 e. The van der Waals surface area contributed by atoms with Crippen molar-refractivity contribution in [2.75, 3.05) is 7.11 Å². The zero-order valence-electron chi connectivity index (χ0n) is 21.7. The van der Waals surface area contributed by atoms with Gasteiger partial charge in [-0.05, 0) is 67.1 Å². The summed E-state index contributed by atoms with van der Waals surface area (Å²) < 4.78 is 86.6. The highest BCUT2D eigenvalue weighted by Crippen LogP contribution is 2.50. The number of ether oxygens (including phenoxy) is 1. The van der Waals surface area contributed by atoms with Crippen LogP contribution in [-0.2, 0) is 23.4 Å². The lowest BCUT2D eigenvalue weighted by atomic mass is 9.63. The second-order valence-electron chi connectivity index (χ2n) is 10.2. The summed E-state index contributed by atoms with van der Waals surface area (Å²) in [4.78, 5) is 16.4. The van der Waals surface area contributed by atoms with Gasteiger partial charge in [0.2, 0.25) is 0 Å². The molecule has 5 rings (SSSR count). The number of fused-ring (bicyclic) bond motifs is 1. The summed E-state index contributed by atoms with van der Waals surface area (Å²) in [5.41, 5.74) is 1.89. The second-order valence-corrected chi connectivity index (χ2v) is 10.2. The summed E-state index contributed by atoms with van der Waals surface area (Å²) >= 11 is 0. The third-order valence-corrected chi connectivity index (χ3v) is 8.06. The lowest BCUT2D eigenvalue weighted by Gasteiger charge is -2.42. The quantitative estimate of drug-likeness (QED) is 0.187. The molecule has 1 fully saturated rings. The molecule has 1 aliphatic carbocycles. The number of benzene rings is 3. The van der Waals surface area contributed by atoms with Gasteiger partial charge in [0.15, 0.2) is 0 Å². The van der Waals surface area contributed by atoms with Crippen LogP contribution in [0.25, 0.3) is 22.4 Å². The summed E-state index contributed by atoms with van der Waals surface area (Å²) in [6.45, 7) is 0. The molecule has 1 heterocycles. The summed E-state index contributed by atoms with van der Waals surface area (Å²) in [7, 11) is 2.99. The summed E-state index contributed by atoms with van der Waals surface area (Å²) in [6, 6.07) is 17.4. The van der Waals surface area contributed by atoms with Crippen LogP contribution in [0.4, 0.5) is 26.3 Å². The van der Waals surface area contributed by atoms with Crippen molar-refractivity contribution in [3.63, 3.8) is 0 Å². The molecule has 4 aromatic rings. The number of carbonyl (C=O) groups is 1. The molecular formula is C30H26F6N2O2. The molecule has 4 nitrogen and oxygen atoms in total. The lowest BCUT2D eigenvalue weighted by Crippen LogP contribution is -2.37. The first kappa shape index (κ1) is 27.7. The van der Waals surface area contributed by atoms with Crippen molar-refractivity contribution in [1.29, 1.82) is 0 Å². The standard InChI is InChI=1S/C30H26F6N2O2/c1-38-25-12-11-23(30(34,35)36)17-24(25)37-26(38)18-3-7-20(8-4-18)28(15-13-22(14-16-28)29(31,32)33)21-9-5-19(6-10-21)27(39)40-2/h3-12,17,22H,13-16H2,1-2H3. The second kappa shape index (κ2) is 9.98. The number of carbonyl (C=O) groups excluding carboxylic acids is 1. The van der Waals surface area contributed by atoms with E-state index in [0.29, 0.717) is 22.5 Å². The lowest BCUT2D eigenvalue weighted by molar-refractivity contribution is -0.184. The summed E-state index contributed by atoms with van der Waals surface area (Å²) in [5.74, 6) is -1.41. The minimum Gasteiger partial charge on any atom is -0.465 e. The van der Waals surface area contributed by atoms with E-state index in [1.54, 1.807) is 48.0 Å². The van der Waals surface area contributed by atoms with Crippen LogP contribution in [0.2, 0.25) is 0 Å². The van der Waals surface area contributed by atoms with Crippen LogP contribution in [0.1, 0.15) is 52.7 Å². The Bertz CT molecular complexity index is 1530. The molecule has 0 bridgehead atoms. The Labute approximate surface area is 226 Å². The van der Waals surface area contributed by atoms with Crippen molar-refractivity contribution in [3.8, 4) is 11.4 Å². The number of esters is 1. The normalized spacial score (nSPS) is 20.1. The molecule has 0 amide bonds. The Morgan fingerprint density at radius 3 is 2.00 bits per heavy atom. The molecule has 1 aliphatic rings. The Morgan fingerprint density at radius 2 is 1.48 bits per heavy atom. The number of aryl methyl sites for hydroxylation is 1. The van der Waals surface area contributed by atoms with E-state index in [-0.39, 0.29) is 31.2 Å². The van der Waals surface area contributed by atoms with Crippen LogP contribution >= 0.6 is 0 Å². The molecule has 10 heteroatoms. The summed E-state index contributed by atoms with van der Waals surface area (Å²) in [6.07, 6.45) is -8.28. The number of methoxy groups -OCH3 is 1. The fourth-order valence-corrected chi connectivity index (χ4v) is 5.80. The Morgan fingerprint density at radius 1 is 0.900 bits per heavy atom. The number of nitrogens with zero attached hydrogens (tertiary/aromatic N) is 2. The van der Waals surface area contributed by atoms with Crippen molar-refractivity contribution in [2.45, 2.75) is 43.5 Å². The first-order chi connectivity index (χ1) is 18.8. The zero-order valence-corrected chi connectivity index (χ0v) is 21.7. The third kappa shape index (κ3) is 4.95. The van der Waals surface area contributed by atoms with Gasteiger partial charge in [-0.3, -0.25) is 0 Å². The van der Waals surface area contributed by atoms with Gasteiger partial charge < -0.3 is 9.30 Å². The minimum atomic E-state index is -4.48. The predicted molar refractivity (Wildman–Crippen MR) is 138 cm³/mol. The maximum absolute atomic E-state index is 13.5. The van der Waals surface area contributed by atoms with E-state index in [2.05, 4.69) is 4.98 Å². The zero-order chi connectivity index (χ0) is 28.9. The molecule has 3 aromatic carbocycles. The van der Waals surface area contributed by atoms with Crippen LogP contribution in [0, 0.1) is 5.92 Å². The van der Waals surface area contributed by atoms with Gasteiger partial charge in [0.25, 0.3) is 0 Å². The van der Waals surface area contributed by atoms with Gasteiger partial charge in [-0.1, -0.05) is 36.4 Å². The van der Waals surface area contributed by atoms with E-state index in [1.807, 2.05) is 12.1 Å². The molecule has 0 unspecified atom stereocenters. The highest BCUT2D eigenvalue weighted by atomic mass is 19.4. The van der Waals surface area contributed by atoms with Crippen molar-refractivity contribution in [2.24, 2.45) is 13.0 Å². The molecule has 0 atom stereocenters. The number of imidazole rings is 1. The van der Waals surface area contributed by atoms with Gasteiger partial charge in [-0.15, -0.1) is 0 Å². The number of hydrogen-bond acceptors (Lipinski definition) is 3. The highest BCUT2D eigenvalue weighted by molar-refractivity contribution is 5.89. The van der Waals surface area contributed by atoms with Gasteiger partial charge >= 0.3 is 18.3 Å². The average molecular weight is 561 g/mol. The van der Waals surface area contributed by atoms with E-state index >= 15 is 0 Å². The number of hydrogen-bond donors (Lipinski definition) is 0. The van der Waals surface area contributed by atoms with Gasteiger partial charge in [0, 0.05) is 18.0 Å². The largest absolute Gasteiger partial charge is 0.465 e. The molecule has 0 saturated heterocycles. The van der Waals surface area contributed by atoms with Crippen LogP contribution < -0.4 is 0 Å². The maximum atomic E-state index is 13.5. The molecule has 1 aromatic heterocycles.